The van der Waals surface area contributed by atoms with Crippen LogP contribution >= 0.6 is 0 Å². The summed E-state index contributed by atoms with van der Waals surface area (Å²) in [6.07, 6.45) is 2.27. The second kappa shape index (κ2) is 4.19. The average Bonchev–Trinajstić information content (AvgIpc) is 2.13. The Hall–Kier alpha value is -1.27. The molecule has 0 saturated heterocycles. The highest BCUT2D eigenvalue weighted by Gasteiger charge is 2.25. The molecule has 94 valence electrons. The number of nitrogen functional groups attached to an aromatic ring is 1. The first kappa shape index (κ1) is 12.2. The minimum Gasteiger partial charge on any atom is -0.398 e. The van der Waals surface area contributed by atoms with Crippen molar-refractivity contribution in [3.63, 3.8) is 0 Å². The molecule has 0 atom stereocenters. The highest BCUT2D eigenvalue weighted by molar-refractivity contribution is 7.89. The summed E-state index contributed by atoms with van der Waals surface area (Å²) in [5.41, 5.74) is 6.70. The number of benzene rings is 1. The third-order valence-corrected chi connectivity index (χ3v) is 4.05. The lowest BCUT2D eigenvalue weighted by atomic mass is 9.82. The van der Waals surface area contributed by atoms with Crippen LogP contribution in [0, 0.1) is 5.92 Å². The van der Waals surface area contributed by atoms with E-state index < -0.39 is 10.0 Å². The Balaban J connectivity index is 2.14. The Labute approximate surface area is 101 Å². The number of nitrogens with two attached hydrogens (primary N) is 2. The molecule has 1 saturated carbocycles. The molecule has 1 aromatic rings. The van der Waals surface area contributed by atoms with Crippen molar-refractivity contribution in [3.05, 3.63) is 18.2 Å². The summed E-state index contributed by atoms with van der Waals surface area (Å²) in [5.74, 6) is 0.758. The van der Waals surface area contributed by atoms with Crippen molar-refractivity contribution < 1.29 is 8.42 Å². The summed E-state index contributed by atoms with van der Waals surface area (Å²) in [5, 5.41) is 8.35. The second-order valence-electron chi connectivity index (χ2n) is 4.72. The van der Waals surface area contributed by atoms with Crippen molar-refractivity contribution in [1.82, 2.24) is 0 Å². The number of nitrogens with one attached hydrogen (secondary N) is 1. The molecule has 1 fully saturated rings. The molecular weight excluding hydrogens is 238 g/mol. The standard InChI is InChI=1S/C11H17N3O2S/c1-7-4-9(5-7)14-8-2-3-11(10(12)6-8)17(13,15)16/h2-3,6-7,9,14H,4-5,12H2,1H3,(H2,13,15,16). The molecule has 1 aliphatic carbocycles. The topological polar surface area (TPSA) is 98.2 Å². The van der Waals surface area contributed by atoms with E-state index in [0.29, 0.717) is 6.04 Å². The molecule has 0 heterocycles. The van der Waals surface area contributed by atoms with E-state index in [9.17, 15) is 8.42 Å². The van der Waals surface area contributed by atoms with Gasteiger partial charge < -0.3 is 11.1 Å². The number of sulfonamides is 1. The van der Waals surface area contributed by atoms with Gasteiger partial charge >= 0.3 is 0 Å². The van der Waals surface area contributed by atoms with Gasteiger partial charge in [-0.1, -0.05) is 6.92 Å². The molecule has 0 bridgehead atoms. The first-order valence-electron chi connectivity index (χ1n) is 5.55. The molecule has 5 nitrogen and oxygen atoms in total. The summed E-state index contributed by atoms with van der Waals surface area (Å²) in [6.45, 7) is 2.20. The summed E-state index contributed by atoms with van der Waals surface area (Å²) in [7, 11) is -3.73. The van der Waals surface area contributed by atoms with Crippen molar-refractivity contribution in [1.29, 1.82) is 0 Å². The summed E-state index contributed by atoms with van der Waals surface area (Å²) in [4.78, 5) is -0.0231. The monoisotopic (exact) mass is 255 g/mol. The zero-order chi connectivity index (χ0) is 12.6. The van der Waals surface area contributed by atoms with Gasteiger partial charge in [-0.25, -0.2) is 13.6 Å². The Morgan fingerprint density at radius 3 is 2.47 bits per heavy atom. The molecule has 1 aromatic carbocycles. The number of rotatable bonds is 3. The molecule has 2 rings (SSSR count). The van der Waals surface area contributed by atoms with Crippen LogP contribution in [0.1, 0.15) is 19.8 Å². The van der Waals surface area contributed by atoms with Crippen LogP contribution in [0.15, 0.2) is 23.1 Å². The van der Waals surface area contributed by atoms with Crippen LogP contribution < -0.4 is 16.2 Å². The number of hydrogen-bond acceptors (Lipinski definition) is 4. The molecular formula is C11H17N3O2S. The van der Waals surface area contributed by atoms with Gasteiger partial charge in [0.1, 0.15) is 4.90 Å². The van der Waals surface area contributed by atoms with E-state index >= 15 is 0 Å². The molecule has 6 heteroatoms. The molecule has 17 heavy (non-hydrogen) atoms. The fraction of sp³-hybridized carbons (Fsp3) is 0.455. The molecule has 0 radical (unpaired) electrons. The van der Waals surface area contributed by atoms with Gasteiger partial charge in [0, 0.05) is 11.7 Å². The van der Waals surface area contributed by atoms with E-state index in [1.165, 1.54) is 6.07 Å². The maximum absolute atomic E-state index is 11.2. The van der Waals surface area contributed by atoms with E-state index in [1.54, 1.807) is 12.1 Å². The predicted molar refractivity (Wildman–Crippen MR) is 68.0 cm³/mol. The van der Waals surface area contributed by atoms with Crippen LogP contribution in [0.5, 0.6) is 0 Å². The van der Waals surface area contributed by atoms with Crippen molar-refractivity contribution >= 4 is 21.4 Å². The van der Waals surface area contributed by atoms with Crippen LogP contribution in [0.4, 0.5) is 11.4 Å². The lowest BCUT2D eigenvalue weighted by molar-refractivity contribution is 0.309. The highest BCUT2D eigenvalue weighted by Crippen LogP contribution is 2.30. The molecule has 0 aliphatic heterocycles. The van der Waals surface area contributed by atoms with E-state index in [1.807, 2.05) is 0 Å². The third-order valence-electron chi connectivity index (χ3n) is 3.06. The molecule has 5 N–H and O–H groups in total. The molecule has 0 spiro atoms. The van der Waals surface area contributed by atoms with Crippen LogP contribution in [0.2, 0.25) is 0 Å². The lowest BCUT2D eigenvalue weighted by Gasteiger charge is -2.34. The molecule has 0 unspecified atom stereocenters. The molecule has 1 aliphatic rings. The van der Waals surface area contributed by atoms with E-state index in [-0.39, 0.29) is 10.6 Å². The van der Waals surface area contributed by atoms with Gasteiger partial charge in [-0.3, -0.25) is 0 Å². The van der Waals surface area contributed by atoms with Gasteiger partial charge in [-0.05, 0) is 37.0 Å². The normalized spacial score (nSPS) is 24.1. The maximum Gasteiger partial charge on any atom is 0.240 e. The molecule has 0 amide bonds. The highest BCUT2D eigenvalue weighted by atomic mass is 32.2. The van der Waals surface area contributed by atoms with Crippen molar-refractivity contribution in [2.45, 2.75) is 30.7 Å². The van der Waals surface area contributed by atoms with Gasteiger partial charge in [-0.15, -0.1) is 0 Å². The minimum atomic E-state index is -3.73. The first-order chi connectivity index (χ1) is 7.86. The second-order valence-corrected chi connectivity index (χ2v) is 6.25. The van der Waals surface area contributed by atoms with Gasteiger partial charge in [-0.2, -0.15) is 0 Å². The SMILES string of the molecule is CC1CC(Nc2ccc(S(N)(=O)=O)c(N)c2)C1. The van der Waals surface area contributed by atoms with Crippen LogP contribution in [-0.2, 0) is 10.0 Å². The maximum atomic E-state index is 11.2. The zero-order valence-electron chi connectivity index (χ0n) is 9.68. The zero-order valence-corrected chi connectivity index (χ0v) is 10.5. The average molecular weight is 255 g/mol. The van der Waals surface area contributed by atoms with Crippen molar-refractivity contribution in [2.75, 3.05) is 11.1 Å². The summed E-state index contributed by atoms with van der Waals surface area (Å²) >= 11 is 0. The fourth-order valence-electron chi connectivity index (χ4n) is 2.15. The Morgan fingerprint density at radius 1 is 1.35 bits per heavy atom. The lowest BCUT2D eigenvalue weighted by Crippen LogP contribution is -2.33. The summed E-state index contributed by atoms with van der Waals surface area (Å²) in [6, 6.07) is 5.21. The fourth-order valence-corrected chi connectivity index (χ4v) is 2.80. The van der Waals surface area contributed by atoms with Gasteiger partial charge in [0.25, 0.3) is 0 Å². The van der Waals surface area contributed by atoms with Crippen molar-refractivity contribution in [3.8, 4) is 0 Å². The number of hydrogen-bond donors (Lipinski definition) is 3. The van der Waals surface area contributed by atoms with Crippen LogP contribution in [-0.4, -0.2) is 14.5 Å². The largest absolute Gasteiger partial charge is 0.398 e. The van der Waals surface area contributed by atoms with E-state index in [0.717, 1.165) is 24.4 Å². The Morgan fingerprint density at radius 2 is 2.00 bits per heavy atom. The molecule has 0 aromatic heterocycles. The van der Waals surface area contributed by atoms with E-state index in [2.05, 4.69) is 12.2 Å². The van der Waals surface area contributed by atoms with Crippen LogP contribution in [0.3, 0.4) is 0 Å². The number of primary sulfonamides is 1. The number of anilines is 2. The smallest absolute Gasteiger partial charge is 0.240 e. The van der Waals surface area contributed by atoms with E-state index in [4.69, 9.17) is 10.9 Å². The van der Waals surface area contributed by atoms with Crippen LogP contribution in [0.25, 0.3) is 0 Å². The predicted octanol–water partition coefficient (Wildman–Crippen LogP) is 1.13. The Kier molecular flexibility index (Phi) is 3.01. The third kappa shape index (κ3) is 2.70. The Bertz CT molecular complexity index is 522. The summed E-state index contributed by atoms with van der Waals surface area (Å²) < 4.78 is 22.3. The quantitative estimate of drug-likeness (QED) is 0.705. The first-order valence-corrected chi connectivity index (χ1v) is 7.10. The van der Waals surface area contributed by atoms with Gasteiger partial charge in [0.2, 0.25) is 10.0 Å². The van der Waals surface area contributed by atoms with Gasteiger partial charge in [0.15, 0.2) is 0 Å². The van der Waals surface area contributed by atoms with Gasteiger partial charge in [0.05, 0.1) is 5.69 Å². The minimum absolute atomic E-state index is 0.0231. The van der Waals surface area contributed by atoms with Crippen molar-refractivity contribution in [2.24, 2.45) is 11.1 Å².